The minimum absolute atomic E-state index is 0.0207. The molecule has 3 aromatic rings. The fourth-order valence-corrected chi connectivity index (χ4v) is 8.18. The fourth-order valence-electron chi connectivity index (χ4n) is 7.68. The van der Waals surface area contributed by atoms with E-state index in [1.54, 1.807) is 64.9 Å². The average Bonchev–Trinajstić information content (AvgIpc) is 3.94. The van der Waals surface area contributed by atoms with Gasteiger partial charge in [0.1, 0.15) is 16.9 Å². The number of aromatic nitrogens is 2. The van der Waals surface area contributed by atoms with Crippen molar-refractivity contribution < 1.29 is 58.4 Å². The monoisotopic (exact) mass is 828 g/mol. The van der Waals surface area contributed by atoms with Crippen molar-refractivity contribution >= 4 is 38.9 Å². The summed E-state index contributed by atoms with van der Waals surface area (Å²) in [5, 5.41) is 2.73. The minimum atomic E-state index is -5.39. The highest BCUT2D eigenvalue weighted by atomic mass is 32.2. The molecule has 1 saturated heterocycles. The maximum atomic E-state index is 17.6. The summed E-state index contributed by atoms with van der Waals surface area (Å²) in [4.78, 5) is 31.9. The molecule has 2 atom stereocenters. The van der Waals surface area contributed by atoms with Crippen LogP contribution in [-0.4, -0.2) is 78.1 Å². The molecule has 57 heavy (non-hydrogen) atoms. The first-order chi connectivity index (χ1) is 26.3. The molecule has 1 aliphatic heterocycles. The number of hydrogen-bond acceptors (Lipinski definition) is 9. The third kappa shape index (κ3) is 9.26. The lowest BCUT2D eigenvalue weighted by molar-refractivity contribution is -0.275. The Morgan fingerprint density at radius 1 is 0.982 bits per heavy atom. The second-order valence-electron chi connectivity index (χ2n) is 17.2. The number of nitrogens with zero attached hydrogens (tertiary/aromatic N) is 3. The largest absolute Gasteiger partial charge is 0.573 e. The van der Waals surface area contributed by atoms with Crippen LogP contribution in [0.2, 0.25) is 0 Å². The first-order valence-corrected chi connectivity index (χ1v) is 20.6. The normalized spacial score (nSPS) is 19.9. The number of alkyl halides is 3. The van der Waals surface area contributed by atoms with E-state index in [-0.39, 0.29) is 53.8 Å². The molecule has 6 rings (SSSR count). The minimum Gasteiger partial charge on any atom is -0.444 e. The highest BCUT2D eigenvalue weighted by Gasteiger charge is 2.59. The van der Waals surface area contributed by atoms with Crippen molar-refractivity contribution in [3.05, 3.63) is 40.7 Å². The Hall–Kier alpha value is -4.19. The molecule has 3 fully saturated rings. The van der Waals surface area contributed by atoms with Crippen molar-refractivity contribution in [2.45, 2.75) is 117 Å². The summed E-state index contributed by atoms with van der Waals surface area (Å²) in [6, 6.07) is 1.30. The number of hydrogen-bond donors (Lipinski definition) is 1. The van der Waals surface area contributed by atoms with Crippen LogP contribution in [0.25, 0.3) is 22.2 Å². The fraction of sp³-hybridized carbons (Fsp3) is 0.615. The quantitative estimate of drug-likeness (QED) is 0.148. The molecule has 12 nitrogen and oxygen atoms in total. The predicted octanol–water partition coefficient (Wildman–Crippen LogP) is 9.17. The Kier molecular flexibility index (Phi) is 11.1. The number of carbonyl (C=O) groups is 2. The van der Waals surface area contributed by atoms with Crippen LogP contribution in [-0.2, 0) is 30.2 Å². The number of ether oxygens (including phenoxy) is 3. The number of piperidine rings is 1. The molecule has 2 aromatic heterocycles. The van der Waals surface area contributed by atoms with Gasteiger partial charge in [0.15, 0.2) is 17.4 Å². The summed E-state index contributed by atoms with van der Waals surface area (Å²) >= 11 is 0. The third-order valence-corrected chi connectivity index (χ3v) is 11.2. The van der Waals surface area contributed by atoms with E-state index >= 15 is 8.78 Å². The molecule has 0 bridgehead atoms. The van der Waals surface area contributed by atoms with Crippen LogP contribution < -0.4 is 10.1 Å². The van der Waals surface area contributed by atoms with Gasteiger partial charge in [0.05, 0.1) is 29.1 Å². The molecule has 0 spiro atoms. The lowest BCUT2D eigenvalue weighted by Crippen LogP contribution is -2.36. The van der Waals surface area contributed by atoms with Crippen molar-refractivity contribution in [2.24, 2.45) is 11.8 Å². The standard InChI is InChI=1S/C39H49F5N4O8S/c1-10-57(51,52)53-14-13-26-28(27-23-17-47(18-24(23)27)36(50)56-38(7,8)9)29-31(19(2)3)46-32(30(41)33(29)48(26)21-11-12-21)22-15-20(45-35(49)55-37(4,5)6)16-25(40)34(22)54-39(42,43)44/h15-16,19,21,23-24,27H,10-14,17-18H2,1-9H3,(H,45,49). The van der Waals surface area contributed by atoms with Crippen LogP contribution >= 0.6 is 0 Å². The molecule has 3 heterocycles. The highest BCUT2D eigenvalue weighted by Crippen LogP contribution is 2.62. The summed E-state index contributed by atoms with van der Waals surface area (Å²) in [5.74, 6) is -4.96. The van der Waals surface area contributed by atoms with Gasteiger partial charge in [-0.2, -0.15) is 8.42 Å². The zero-order valence-electron chi connectivity index (χ0n) is 33.4. The van der Waals surface area contributed by atoms with E-state index in [2.05, 4.69) is 15.0 Å². The van der Waals surface area contributed by atoms with Gasteiger partial charge in [-0.15, -0.1) is 13.2 Å². The average molecular weight is 829 g/mol. The van der Waals surface area contributed by atoms with E-state index < -0.39 is 74.4 Å². The maximum absolute atomic E-state index is 17.6. The SMILES string of the molecule is CCS(=O)(=O)OCCc1c(C2C3CN(C(=O)OC(C)(C)C)CC32)c2c(C(C)C)nc(-c3cc(NC(=O)OC(C)(C)C)cc(F)c3OC(F)(F)F)c(F)c2n1C1CC1. The van der Waals surface area contributed by atoms with Gasteiger partial charge in [0.2, 0.25) is 0 Å². The van der Waals surface area contributed by atoms with Crippen LogP contribution in [0.15, 0.2) is 12.1 Å². The molecule has 2 saturated carbocycles. The van der Waals surface area contributed by atoms with Crippen molar-refractivity contribution in [3.63, 3.8) is 0 Å². The number of rotatable bonds is 11. The maximum Gasteiger partial charge on any atom is 0.573 e. The molecule has 2 amide bonds. The van der Waals surface area contributed by atoms with Crippen LogP contribution in [0.1, 0.15) is 110 Å². The number of likely N-dealkylation sites (tertiary alicyclic amines) is 1. The third-order valence-electron chi connectivity index (χ3n) is 10.0. The molecule has 0 radical (unpaired) electrons. The number of benzene rings is 1. The predicted molar refractivity (Wildman–Crippen MR) is 201 cm³/mol. The molecule has 2 aliphatic carbocycles. The molecular weight excluding hydrogens is 780 g/mol. The number of carbonyl (C=O) groups excluding carboxylic acids is 2. The first kappa shape index (κ1) is 42.4. The van der Waals surface area contributed by atoms with Gasteiger partial charge in [-0.1, -0.05) is 13.8 Å². The summed E-state index contributed by atoms with van der Waals surface area (Å²) < 4.78 is 122. The van der Waals surface area contributed by atoms with Crippen molar-refractivity contribution in [3.8, 4) is 17.0 Å². The number of anilines is 1. The Morgan fingerprint density at radius 2 is 1.60 bits per heavy atom. The van der Waals surface area contributed by atoms with Gasteiger partial charge in [-0.25, -0.2) is 23.4 Å². The number of amides is 2. The van der Waals surface area contributed by atoms with Gasteiger partial charge in [0.25, 0.3) is 10.1 Å². The zero-order chi connectivity index (χ0) is 42.2. The van der Waals surface area contributed by atoms with E-state index in [9.17, 15) is 31.2 Å². The van der Waals surface area contributed by atoms with Crippen LogP contribution in [0.3, 0.4) is 0 Å². The van der Waals surface area contributed by atoms with Crippen molar-refractivity contribution in [2.75, 3.05) is 30.8 Å². The molecular formula is C39H49F5N4O8S. The first-order valence-electron chi connectivity index (χ1n) is 19.0. The number of fused-ring (bicyclic) bond motifs is 2. The highest BCUT2D eigenvalue weighted by molar-refractivity contribution is 7.86. The summed E-state index contributed by atoms with van der Waals surface area (Å²) in [6.45, 7) is 15.5. The molecule has 18 heteroatoms. The molecule has 314 valence electrons. The van der Waals surface area contributed by atoms with Crippen LogP contribution in [0.5, 0.6) is 5.75 Å². The Labute approximate surface area is 328 Å². The van der Waals surface area contributed by atoms with Gasteiger partial charge in [0, 0.05) is 48.4 Å². The van der Waals surface area contributed by atoms with E-state index in [1.165, 1.54) is 6.92 Å². The van der Waals surface area contributed by atoms with Gasteiger partial charge in [-0.3, -0.25) is 9.50 Å². The Morgan fingerprint density at radius 3 is 2.12 bits per heavy atom. The van der Waals surface area contributed by atoms with E-state index in [0.29, 0.717) is 54.3 Å². The van der Waals surface area contributed by atoms with Crippen LogP contribution in [0, 0.1) is 23.5 Å². The Balaban J connectivity index is 1.56. The number of halogens is 5. The molecule has 1 N–H and O–H groups in total. The van der Waals surface area contributed by atoms with E-state index in [0.717, 1.165) is 6.07 Å². The molecule has 1 aromatic carbocycles. The van der Waals surface area contributed by atoms with Crippen LogP contribution in [0.4, 0.5) is 37.2 Å². The summed E-state index contributed by atoms with van der Waals surface area (Å²) in [6.07, 6.45) is -5.57. The Bertz CT molecular complexity index is 2180. The molecule has 3 aliphatic rings. The van der Waals surface area contributed by atoms with Crippen molar-refractivity contribution in [1.29, 1.82) is 0 Å². The van der Waals surface area contributed by atoms with Crippen molar-refractivity contribution in [1.82, 2.24) is 14.5 Å². The number of nitrogens with one attached hydrogen (secondary N) is 1. The van der Waals surface area contributed by atoms with Gasteiger partial charge < -0.3 is 23.7 Å². The van der Waals surface area contributed by atoms with Gasteiger partial charge >= 0.3 is 18.5 Å². The smallest absolute Gasteiger partial charge is 0.444 e. The lowest BCUT2D eigenvalue weighted by Gasteiger charge is -2.26. The van der Waals surface area contributed by atoms with E-state index in [4.69, 9.17) is 13.7 Å². The second-order valence-corrected chi connectivity index (χ2v) is 19.1. The van der Waals surface area contributed by atoms with Gasteiger partial charge in [-0.05, 0) is 96.6 Å². The number of pyridine rings is 1. The van der Waals surface area contributed by atoms with E-state index in [1.807, 2.05) is 0 Å². The summed E-state index contributed by atoms with van der Waals surface area (Å²) in [7, 11) is -3.85. The second kappa shape index (κ2) is 14.9. The topological polar surface area (TPSA) is 138 Å². The lowest BCUT2D eigenvalue weighted by atomic mass is 9.95. The zero-order valence-corrected chi connectivity index (χ0v) is 34.2. The molecule has 2 unspecified atom stereocenters. The summed E-state index contributed by atoms with van der Waals surface area (Å²) in [5.41, 5.74) is -1.74.